The molecule has 0 bridgehead atoms. The lowest BCUT2D eigenvalue weighted by Gasteiger charge is -2.33. The zero-order valence-electron chi connectivity index (χ0n) is 8.26. The smallest absolute Gasteiger partial charge is 0.0370 e. The van der Waals surface area contributed by atoms with Gasteiger partial charge < -0.3 is 11.1 Å². The molecule has 0 aromatic heterocycles. The van der Waals surface area contributed by atoms with Gasteiger partial charge in [0.15, 0.2) is 0 Å². The molecule has 1 aliphatic carbocycles. The van der Waals surface area contributed by atoms with E-state index in [1.165, 1.54) is 6.42 Å². The van der Waals surface area contributed by atoms with E-state index in [1.54, 1.807) is 0 Å². The molecule has 13 heavy (non-hydrogen) atoms. The van der Waals surface area contributed by atoms with Crippen molar-refractivity contribution in [2.45, 2.75) is 37.3 Å². The van der Waals surface area contributed by atoms with Crippen LogP contribution >= 0.6 is 0 Å². The summed E-state index contributed by atoms with van der Waals surface area (Å²) in [6, 6.07) is 0.269. The van der Waals surface area contributed by atoms with E-state index in [0.717, 1.165) is 25.8 Å². The first-order chi connectivity index (χ1) is 6.25. The van der Waals surface area contributed by atoms with Crippen LogP contribution in [0.1, 0.15) is 25.7 Å². The van der Waals surface area contributed by atoms with Gasteiger partial charge in [-0.25, -0.2) is 0 Å². The molecule has 1 rings (SSSR count). The van der Waals surface area contributed by atoms with Gasteiger partial charge >= 0.3 is 0 Å². The van der Waals surface area contributed by atoms with E-state index in [9.17, 15) is 0 Å². The third kappa shape index (κ3) is 2.20. The fourth-order valence-corrected chi connectivity index (χ4v) is 2.18. The van der Waals surface area contributed by atoms with E-state index in [2.05, 4.69) is 18.5 Å². The van der Waals surface area contributed by atoms with Gasteiger partial charge in [0.1, 0.15) is 0 Å². The summed E-state index contributed by atoms with van der Waals surface area (Å²) in [5.41, 5.74) is 6.19. The molecule has 2 unspecified atom stereocenters. The van der Waals surface area contributed by atoms with Gasteiger partial charge in [0.05, 0.1) is 0 Å². The molecular formula is C11H20N2. The predicted octanol–water partition coefficient (Wildman–Crippen LogP) is 1.59. The van der Waals surface area contributed by atoms with Crippen molar-refractivity contribution < 1.29 is 0 Å². The lowest BCUT2D eigenvalue weighted by molar-refractivity contribution is 0.312. The molecular weight excluding hydrogens is 160 g/mol. The zero-order chi connectivity index (χ0) is 9.73. The van der Waals surface area contributed by atoms with Crippen LogP contribution in [-0.4, -0.2) is 18.1 Å². The van der Waals surface area contributed by atoms with Crippen LogP contribution < -0.4 is 11.1 Å². The van der Waals surface area contributed by atoms with Crippen molar-refractivity contribution in [1.82, 2.24) is 5.32 Å². The van der Waals surface area contributed by atoms with Crippen LogP contribution in [0.4, 0.5) is 0 Å². The highest BCUT2D eigenvalue weighted by atomic mass is 15.0. The minimum Gasteiger partial charge on any atom is -0.326 e. The van der Waals surface area contributed by atoms with Crippen LogP contribution in [0.5, 0.6) is 0 Å². The molecule has 1 saturated carbocycles. The van der Waals surface area contributed by atoms with Crippen molar-refractivity contribution >= 4 is 0 Å². The molecule has 2 nitrogen and oxygen atoms in total. The Bertz CT molecular complexity index is 189. The van der Waals surface area contributed by atoms with Crippen molar-refractivity contribution in [2.75, 3.05) is 6.54 Å². The third-order valence-electron chi connectivity index (χ3n) is 2.95. The molecule has 0 aromatic carbocycles. The summed E-state index contributed by atoms with van der Waals surface area (Å²) in [5.74, 6) is 0. The summed E-state index contributed by atoms with van der Waals surface area (Å²) in [6.45, 7) is 8.33. The van der Waals surface area contributed by atoms with Crippen molar-refractivity contribution in [3.05, 3.63) is 25.3 Å². The minimum absolute atomic E-state index is 0.0932. The monoisotopic (exact) mass is 180 g/mol. The first-order valence-electron chi connectivity index (χ1n) is 4.97. The quantitative estimate of drug-likeness (QED) is 0.630. The Balaban J connectivity index is 2.61. The molecule has 3 N–H and O–H groups in total. The van der Waals surface area contributed by atoms with Gasteiger partial charge in [0.25, 0.3) is 0 Å². The number of nitrogens with two attached hydrogens (primary N) is 1. The standard InChI is InChI=1S/C11H20N2/c1-3-7-11(13-9-4-2)8-5-6-10(11)12/h3-4,10,13H,1-2,5-9,12H2. The van der Waals surface area contributed by atoms with Gasteiger partial charge in [0.2, 0.25) is 0 Å². The number of nitrogens with one attached hydrogen (secondary N) is 1. The second kappa shape index (κ2) is 4.58. The van der Waals surface area contributed by atoms with E-state index in [-0.39, 0.29) is 11.6 Å². The molecule has 0 aliphatic heterocycles. The largest absolute Gasteiger partial charge is 0.326 e. The van der Waals surface area contributed by atoms with Gasteiger partial charge in [-0.1, -0.05) is 12.2 Å². The third-order valence-corrected chi connectivity index (χ3v) is 2.95. The minimum atomic E-state index is 0.0932. The van der Waals surface area contributed by atoms with Gasteiger partial charge in [0, 0.05) is 18.1 Å². The summed E-state index contributed by atoms with van der Waals surface area (Å²) >= 11 is 0. The van der Waals surface area contributed by atoms with Crippen molar-refractivity contribution in [3.63, 3.8) is 0 Å². The van der Waals surface area contributed by atoms with E-state index in [1.807, 2.05) is 12.2 Å². The van der Waals surface area contributed by atoms with Crippen LogP contribution in [0, 0.1) is 0 Å². The Morgan fingerprint density at radius 3 is 2.69 bits per heavy atom. The second-order valence-corrected chi connectivity index (χ2v) is 3.82. The molecule has 1 aliphatic rings. The Morgan fingerprint density at radius 2 is 2.23 bits per heavy atom. The summed E-state index contributed by atoms with van der Waals surface area (Å²) in [7, 11) is 0. The number of hydrogen-bond acceptors (Lipinski definition) is 2. The molecule has 0 saturated heterocycles. The van der Waals surface area contributed by atoms with Gasteiger partial charge in [-0.2, -0.15) is 0 Å². The molecule has 2 atom stereocenters. The number of hydrogen-bond donors (Lipinski definition) is 2. The Kier molecular flexibility index (Phi) is 3.70. The SMILES string of the molecule is C=CCNC1(CC=C)CCCC1N. The van der Waals surface area contributed by atoms with Gasteiger partial charge in [-0.05, 0) is 25.7 Å². The lowest BCUT2D eigenvalue weighted by Crippen LogP contribution is -2.54. The van der Waals surface area contributed by atoms with Gasteiger partial charge in [-0.3, -0.25) is 0 Å². The molecule has 74 valence electrons. The molecule has 0 heterocycles. The summed E-state index contributed by atoms with van der Waals surface area (Å²) < 4.78 is 0. The highest BCUT2D eigenvalue weighted by molar-refractivity contribution is 5.06. The normalized spacial score (nSPS) is 33.2. The van der Waals surface area contributed by atoms with E-state index < -0.39 is 0 Å². The van der Waals surface area contributed by atoms with Crippen LogP contribution in [0.25, 0.3) is 0 Å². The maximum absolute atomic E-state index is 6.10. The van der Waals surface area contributed by atoms with Crippen LogP contribution in [0.2, 0.25) is 0 Å². The van der Waals surface area contributed by atoms with Crippen LogP contribution in [0.15, 0.2) is 25.3 Å². The van der Waals surface area contributed by atoms with Crippen molar-refractivity contribution in [1.29, 1.82) is 0 Å². The van der Waals surface area contributed by atoms with E-state index >= 15 is 0 Å². The average molecular weight is 180 g/mol. The van der Waals surface area contributed by atoms with E-state index in [4.69, 9.17) is 5.73 Å². The van der Waals surface area contributed by atoms with Crippen LogP contribution in [-0.2, 0) is 0 Å². The number of rotatable bonds is 5. The predicted molar refractivity (Wildman–Crippen MR) is 57.6 cm³/mol. The maximum Gasteiger partial charge on any atom is 0.0370 e. The molecule has 0 aromatic rings. The summed E-state index contributed by atoms with van der Waals surface area (Å²) in [6.07, 6.45) is 8.31. The molecule has 0 spiro atoms. The highest BCUT2D eigenvalue weighted by Gasteiger charge is 2.38. The highest BCUT2D eigenvalue weighted by Crippen LogP contribution is 2.31. The second-order valence-electron chi connectivity index (χ2n) is 3.82. The van der Waals surface area contributed by atoms with Crippen molar-refractivity contribution in [3.8, 4) is 0 Å². The molecule has 0 radical (unpaired) electrons. The topological polar surface area (TPSA) is 38.0 Å². The Hall–Kier alpha value is -0.600. The fraction of sp³-hybridized carbons (Fsp3) is 0.636. The van der Waals surface area contributed by atoms with Crippen molar-refractivity contribution in [2.24, 2.45) is 5.73 Å². The molecule has 0 amide bonds. The Morgan fingerprint density at radius 1 is 1.46 bits per heavy atom. The van der Waals surface area contributed by atoms with Gasteiger partial charge in [-0.15, -0.1) is 13.2 Å². The lowest BCUT2D eigenvalue weighted by atomic mass is 9.89. The summed E-state index contributed by atoms with van der Waals surface area (Å²) in [5, 5.41) is 3.48. The van der Waals surface area contributed by atoms with E-state index in [0.29, 0.717) is 0 Å². The molecule has 2 heteroatoms. The maximum atomic E-state index is 6.10. The molecule has 1 fully saturated rings. The first-order valence-corrected chi connectivity index (χ1v) is 4.97. The zero-order valence-corrected chi connectivity index (χ0v) is 8.26. The average Bonchev–Trinajstić information content (AvgIpc) is 2.46. The summed E-state index contributed by atoms with van der Waals surface area (Å²) in [4.78, 5) is 0. The first kappa shape index (κ1) is 10.5. The fourth-order valence-electron chi connectivity index (χ4n) is 2.18. The Labute approximate surface area is 80.9 Å². The van der Waals surface area contributed by atoms with Crippen LogP contribution in [0.3, 0.4) is 0 Å².